The SMILES string of the molecule is Cc1nc(N/N=C/c2ccc(Br)cc2)cc(N2CCOCC2)n1. The first-order chi connectivity index (χ1) is 11.2. The lowest BCUT2D eigenvalue weighted by atomic mass is 10.2. The van der Waals surface area contributed by atoms with Gasteiger partial charge in [-0.2, -0.15) is 5.10 Å². The zero-order valence-electron chi connectivity index (χ0n) is 12.9. The third-order valence-corrected chi connectivity index (χ3v) is 3.95. The Hall–Kier alpha value is -1.99. The molecule has 23 heavy (non-hydrogen) atoms. The Balaban J connectivity index is 1.69. The van der Waals surface area contributed by atoms with Crippen LogP contribution in [0.5, 0.6) is 0 Å². The van der Waals surface area contributed by atoms with Crippen molar-refractivity contribution in [3.8, 4) is 0 Å². The number of ether oxygens (including phenoxy) is 1. The molecule has 1 N–H and O–H groups in total. The zero-order valence-corrected chi connectivity index (χ0v) is 14.5. The van der Waals surface area contributed by atoms with Gasteiger partial charge in [0.2, 0.25) is 0 Å². The number of morpholine rings is 1. The highest BCUT2D eigenvalue weighted by Crippen LogP contribution is 2.17. The summed E-state index contributed by atoms with van der Waals surface area (Å²) in [4.78, 5) is 11.1. The second kappa shape index (κ2) is 7.52. The van der Waals surface area contributed by atoms with Crippen LogP contribution in [0.4, 0.5) is 11.6 Å². The van der Waals surface area contributed by atoms with Gasteiger partial charge in [-0.3, -0.25) is 5.43 Å². The largest absolute Gasteiger partial charge is 0.378 e. The summed E-state index contributed by atoms with van der Waals surface area (Å²) in [7, 11) is 0. The van der Waals surface area contributed by atoms with E-state index in [1.807, 2.05) is 37.3 Å². The molecule has 0 radical (unpaired) electrons. The minimum absolute atomic E-state index is 0.687. The number of benzene rings is 1. The average Bonchev–Trinajstić information content (AvgIpc) is 2.57. The van der Waals surface area contributed by atoms with Gasteiger partial charge in [-0.15, -0.1) is 0 Å². The quantitative estimate of drug-likeness (QED) is 0.657. The van der Waals surface area contributed by atoms with Crippen molar-refractivity contribution in [2.45, 2.75) is 6.92 Å². The van der Waals surface area contributed by atoms with Crippen LogP contribution in [0.25, 0.3) is 0 Å². The third-order valence-electron chi connectivity index (χ3n) is 3.42. The summed E-state index contributed by atoms with van der Waals surface area (Å²) in [5.74, 6) is 2.31. The van der Waals surface area contributed by atoms with Gasteiger partial charge in [-0.05, 0) is 24.6 Å². The van der Waals surface area contributed by atoms with E-state index in [9.17, 15) is 0 Å². The number of hydrazone groups is 1. The molecule has 120 valence electrons. The number of aryl methyl sites for hydroxylation is 1. The number of nitrogens with one attached hydrogen (secondary N) is 1. The Bertz CT molecular complexity index is 683. The lowest BCUT2D eigenvalue weighted by Crippen LogP contribution is -2.36. The number of rotatable bonds is 4. The molecule has 1 saturated heterocycles. The van der Waals surface area contributed by atoms with Crippen molar-refractivity contribution < 1.29 is 4.74 Å². The first-order valence-electron chi connectivity index (χ1n) is 7.44. The summed E-state index contributed by atoms with van der Waals surface area (Å²) in [5.41, 5.74) is 3.99. The van der Waals surface area contributed by atoms with Crippen LogP contribution < -0.4 is 10.3 Å². The topological polar surface area (TPSA) is 62.6 Å². The van der Waals surface area contributed by atoms with E-state index in [1.165, 1.54) is 0 Å². The number of hydrogen-bond acceptors (Lipinski definition) is 6. The van der Waals surface area contributed by atoms with Crippen molar-refractivity contribution in [3.05, 3.63) is 46.2 Å². The fourth-order valence-corrected chi connectivity index (χ4v) is 2.55. The van der Waals surface area contributed by atoms with Gasteiger partial charge in [0, 0.05) is 23.6 Å². The Morgan fingerprint density at radius 2 is 1.96 bits per heavy atom. The predicted molar refractivity (Wildman–Crippen MR) is 95.2 cm³/mol. The Morgan fingerprint density at radius 3 is 2.70 bits per heavy atom. The Labute approximate surface area is 143 Å². The highest BCUT2D eigenvalue weighted by atomic mass is 79.9. The predicted octanol–water partition coefficient (Wildman–Crippen LogP) is 2.83. The van der Waals surface area contributed by atoms with Crippen molar-refractivity contribution >= 4 is 33.8 Å². The molecular formula is C16H18BrN5O. The summed E-state index contributed by atoms with van der Waals surface area (Å²) in [6.07, 6.45) is 1.76. The molecule has 0 saturated carbocycles. The van der Waals surface area contributed by atoms with E-state index in [0.717, 1.165) is 48.0 Å². The summed E-state index contributed by atoms with van der Waals surface area (Å²) in [6, 6.07) is 9.84. The molecule has 1 aromatic carbocycles. The first kappa shape index (κ1) is 15.9. The normalized spacial score (nSPS) is 15.1. The second-order valence-corrected chi connectivity index (χ2v) is 6.10. The maximum absolute atomic E-state index is 5.38. The molecular weight excluding hydrogens is 358 g/mol. The van der Waals surface area contributed by atoms with Crippen LogP contribution in [-0.2, 0) is 4.74 Å². The first-order valence-corrected chi connectivity index (χ1v) is 8.23. The minimum Gasteiger partial charge on any atom is -0.378 e. The van der Waals surface area contributed by atoms with E-state index in [1.54, 1.807) is 6.21 Å². The lowest BCUT2D eigenvalue weighted by Gasteiger charge is -2.28. The van der Waals surface area contributed by atoms with Crippen LogP contribution in [0.3, 0.4) is 0 Å². The monoisotopic (exact) mass is 375 g/mol. The van der Waals surface area contributed by atoms with Crippen molar-refractivity contribution in [3.63, 3.8) is 0 Å². The van der Waals surface area contributed by atoms with Gasteiger partial charge < -0.3 is 9.64 Å². The summed E-state index contributed by atoms with van der Waals surface area (Å²) >= 11 is 3.41. The van der Waals surface area contributed by atoms with Gasteiger partial charge in [0.05, 0.1) is 19.4 Å². The number of nitrogens with zero attached hydrogens (tertiary/aromatic N) is 4. The molecule has 2 heterocycles. The van der Waals surface area contributed by atoms with Crippen molar-refractivity contribution in [2.24, 2.45) is 5.10 Å². The number of aromatic nitrogens is 2. The average molecular weight is 376 g/mol. The molecule has 0 aliphatic carbocycles. The smallest absolute Gasteiger partial charge is 0.152 e. The van der Waals surface area contributed by atoms with E-state index >= 15 is 0 Å². The van der Waals surface area contributed by atoms with Gasteiger partial charge in [-0.1, -0.05) is 28.1 Å². The standard InChI is InChI=1S/C16H18BrN5O/c1-12-19-15(10-16(20-12)22-6-8-23-9-7-22)21-18-11-13-2-4-14(17)5-3-13/h2-5,10-11H,6-9H2,1H3,(H,19,20,21)/b18-11+. The highest BCUT2D eigenvalue weighted by molar-refractivity contribution is 9.10. The maximum Gasteiger partial charge on any atom is 0.152 e. The van der Waals surface area contributed by atoms with E-state index in [-0.39, 0.29) is 0 Å². The summed E-state index contributed by atoms with van der Waals surface area (Å²) in [5, 5.41) is 4.25. The molecule has 1 aromatic heterocycles. The fourth-order valence-electron chi connectivity index (χ4n) is 2.29. The molecule has 0 spiro atoms. The summed E-state index contributed by atoms with van der Waals surface area (Å²) in [6.45, 7) is 5.03. The van der Waals surface area contributed by atoms with Gasteiger partial charge in [0.15, 0.2) is 5.82 Å². The molecule has 1 fully saturated rings. The van der Waals surface area contributed by atoms with Crippen LogP contribution in [0.15, 0.2) is 39.9 Å². The Kier molecular flexibility index (Phi) is 5.19. The zero-order chi connectivity index (χ0) is 16.1. The third kappa shape index (κ3) is 4.49. The Morgan fingerprint density at radius 1 is 1.22 bits per heavy atom. The lowest BCUT2D eigenvalue weighted by molar-refractivity contribution is 0.122. The van der Waals surface area contributed by atoms with Crippen molar-refractivity contribution in [1.82, 2.24) is 9.97 Å². The molecule has 1 aliphatic heterocycles. The molecule has 0 bridgehead atoms. The number of anilines is 2. The number of hydrogen-bond donors (Lipinski definition) is 1. The molecule has 3 rings (SSSR count). The molecule has 1 aliphatic rings. The van der Waals surface area contributed by atoms with E-state index in [0.29, 0.717) is 5.82 Å². The molecule has 7 heteroatoms. The van der Waals surface area contributed by atoms with Crippen molar-refractivity contribution in [1.29, 1.82) is 0 Å². The van der Waals surface area contributed by atoms with Gasteiger partial charge in [0.25, 0.3) is 0 Å². The van der Waals surface area contributed by atoms with Crippen LogP contribution in [0.1, 0.15) is 11.4 Å². The van der Waals surface area contributed by atoms with Crippen LogP contribution in [0, 0.1) is 6.92 Å². The van der Waals surface area contributed by atoms with Crippen LogP contribution in [0.2, 0.25) is 0 Å². The molecule has 0 atom stereocenters. The minimum atomic E-state index is 0.687. The molecule has 0 amide bonds. The van der Waals surface area contributed by atoms with Gasteiger partial charge >= 0.3 is 0 Å². The van der Waals surface area contributed by atoms with E-state index in [2.05, 4.69) is 41.3 Å². The van der Waals surface area contributed by atoms with Crippen LogP contribution >= 0.6 is 15.9 Å². The van der Waals surface area contributed by atoms with E-state index in [4.69, 9.17) is 4.74 Å². The molecule has 0 unspecified atom stereocenters. The summed E-state index contributed by atoms with van der Waals surface area (Å²) < 4.78 is 6.42. The molecule has 2 aromatic rings. The maximum atomic E-state index is 5.38. The van der Waals surface area contributed by atoms with Crippen LogP contribution in [-0.4, -0.2) is 42.5 Å². The van der Waals surface area contributed by atoms with Gasteiger partial charge in [0.1, 0.15) is 11.6 Å². The highest BCUT2D eigenvalue weighted by Gasteiger charge is 2.13. The number of halogens is 1. The van der Waals surface area contributed by atoms with Gasteiger partial charge in [-0.25, -0.2) is 9.97 Å². The van der Waals surface area contributed by atoms with Crippen molar-refractivity contribution in [2.75, 3.05) is 36.6 Å². The fraction of sp³-hybridized carbons (Fsp3) is 0.312. The molecule has 6 nitrogen and oxygen atoms in total. The van der Waals surface area contributed by atoms with E-state index < -0.39 is 0 Å². The second-order valence-electron chi connectivity index (χ2n) is 5.18.